The third-order valence-corrected chi connectivity index (χ3v) is 4.92. The molecule has 1 atom stereocenters. The molecule has 5 nitrogen and oxygen atoms in total. The Balaban J connectivity index is 1.73. The van der Waals surface area contributed by atoms with Gasteiger partial charge in [-0.3, -0.25) is 9.59 Å². The van der Waals surface area contributed by atoms with Gasteiger partial charge in [-0.25, -0.2) is 0 Å². The molecule has 0 saturated heterocycles. The molecule has 0 heterocycles. The molecule has 2 aromatic rings. The zero-order valence-electron chi connectivity index (χ0n) is 13.8. The fourth-order valence-electron chi connectivity index (χ4n) is 3.40. The summed E-state index contributed by atoms with van der Waals surface area (Å²) in [7, 11) is 0. The summed E-state index contributed by atoms with van der Waals surface area (Å²) in [5.74, 6) is 0.547. The van der Waals surface area contributed by atoms with Crippen LogP contribution in [-0.4, -0.2) is 6.04 Å². The highest BCUT2D eigenvalue weighted by Crippen LogP contribution is 2.29. The van der Waals surface area contributed by atoms with Crippen molar-refractivity contribution in [3.05, 3.63) is 50.3 Å². The summed E-state index contributed by atoms with van der Waals surface area (Å²) < 4.78 is 0. The molecular formula is C19H21N3O2. The zero-order chi connectivity index (χ0) is 17.1. The average molecular weight is 323 g/mol. The van der Waals surface area contributed by atoms with E-state index in [-0.39, 0.29) is 6.04 Å². The van der Waals surface area contributed by atoms with Crippen LogP contribution < -0.4 is 21.5 Å². The van der Waals surface area contributed by atoms with Crippen LogP contribution in [0.15, 0.2) is 33.9 Å². The lowest BCUT2D eigenvalue weighted by Crippen LogP contribution is -2.40. The zero-order valence-corrected chi connectivity index (χ0v) is 13.8. The van der Waals surface area contributed by atoms with Crippen LogP contribution in [0.3, 0.4) is 0 Å². The van der Waals surface area contributed by atoms with Crippen LogP contribution in [0, 0.1) is 17.2 Å². The molecule has 1 unspecified atom stereocenters. The van der Waals surface area contributed by atoms with Crippen LogP contribution in [0.5, 0.6) is 0 Å². The number of nitrogens with one attached hydrogen (secondary N) is 2. The first-order valence-electron chi connectivity index (χ1n) is 8.47. The minimum Gasteiger partial charge on any atom is -0.377 e. The van der Waals surface area contributed by atoms with Crippen LogP contribution in [-0.2, 0) is 0 Å². The summed E-state index contributed by atoms with van der Waals surface area (Å²) in [4.78, 5) is 23.8. The molecule has 0 amide bonds. The molecule has 124 valence electrons. The van der Waals surface area contributed by atoms with Crippen molar-refractivity contribution in [2.24, 2.45) is 5.92 Å². The van der Waals surface area contributed by atoms with Gasteiger partial charge >= 0.3 is 0 Å². The Hall–Kier alpha value is -2.61. The molecule has 2 aromatic carbocycles. The van der Waals surface area contributed by atoms with E-state index in [9.17, 15) is 9.59 Å². The molecule has 24 heavy (non-hydrogen) atoms. The second-order valence-corrected chi connectivity index (χ2v) is 6.55. The lowest BCUT2D eigenvalue weighted by atomic mass is 9.84. The molecule has 1 aliphatic carbocycles. The number of hydrogen-bond donors (Lipinski definition) is 2. The SMILES string of the molecule is CC(Nc1c(Nc2ccc(C#N)cc2)c(=O)c1=O)C1CCCCC1. The van der Waals surface area contributed by atoms with Gasteiger partial charge in [-0.05, 0) is 49.9 Å². The third-order valence-electron chi connectivity index (χ3n) is 4.92. The van der Waals surface area contributed by atoms with Gasteiger partial charge in [0, 0.05) is 11.7 Å². The van der Waals surface area contributed by atoms with E-state index < -0.39 is 10.9 Å². The summed E-state index contributed by atoms with van der Waals surface area (Å²) in [5, 5.41) is 15.1. The predicted octanol–water partition coefficient (Wildman–Crippen LogP) is 3.28. The van der Waals surface area contributed by atoms with Crippen molar-refractivity contribution >= 4 is 17.1 Å². The average Bonchev–Trinajstić information content (AvgIpc) is 2.65. The maximum absolute atomic E-state index is 11.9. The van der Waals surface area contributed by atoms with E-state index in [1.165, 1.54) is 32.1 Å². The van der Waals surface area contributed by atoms with Crippen molar-refractivity contribution < 1.29 is 0 Å². The highest BCUT2D eigenvalue weighted by Gasteiger charge is 2.26. The molecule has 5 heteroatoms. The highest BCUT2D eigenvalue weighted by molar-refractivity contribution is 5.79. The van der Waals surface area contributed by atoms with E-state index in [2.05, 4.69) is 17.6 Å². The normalized spacial score (nSPS) is 16.5. The van der Waals surface area contributed by atoms with Crippen molar-refractivity contribution in [2.75, 3.05) is 10.6 Å². The molecule has 2 N–H and O–H groups in total. The molecule has 0 bridgehead atoms. The van der Waals surface area contributed by atoms with Crippen molar-refractivity contribution in [1.29, 1.82) is 5.26 Å². The fraction of sp³-hybridized carbons (Fsp3) is 0.421. The van der Waals surface area contributed by atoms with Gasteiger partial charge in [0.2, 0.25) is 0 Å². The fourth-order valence-corrected chi connectivity index (χ4v) is 3.40. The monoisotopic (exact) mass is 323 g/mol. The minimum atomic E-state index is -0.488. The summed E-state index contributed by atoms with van der Waals surface area (Å²) >= 11 is 0. The van der Waals surface area contributed by atoms with Crippen molar-refractivity contribution in [2.45, 2.75) is 45.1 Å². The number of nitrogens with zero attached hydrogens (tertiary/aromatic N) is 1. The molecule has 0 spiro atoms. The largest absolute Gasteiger partial charge is 0.377 e. The van der Waals surface area contributed by atoms with Crippen LogP contribution in [0.25, 0.3) is 0 Å². The van der Waals surface area contributed by atoms with E-state index in [4.69, 9.17) is 5.26 Å². The second kappa shape index (κ2) is 6.88. The van der Waals surface area contributed by atoms with Crippen LogP contribution in [0.4, 0.5) is 17.1 Å². The van der Waals surface area contributed by atoms with Crippen LogP contribution in [0.1, 0.15) is 44.6 Å². The van der Waals surface area contributed by atoms with Gasteiger partial charge in [0.05, 0.1) is 11.6 Å². The summed E-state index contributed by atoms with van der Waals surface area (Å²) in [5.41, 5.74) is 1.02. The number of nitriles is 1. The Labute approximate surface area is 141 Å². The van der Waals surface area contributed by atoms with Gasteiger partial charge in [0.15, 0.2) is 0 Å². The standard InChI is InChI=1S/C19H21N3O2/c1-12(14-5-3-2-4-6-14)21-16-17(19(24)18(16)23)22-15-9-7-13(11-20)8-10-15/h7-10,12,14,21-22H,2-6H2,1H3. The van der Waals surface area contributed by atoms with E-state index in [1.807, 2.05) is 6.07 Å². The van der Waals surface area contributed by atoms with E-state index in [0.29, 0.717) is 28.5 Å². The van der Waals surface area contributed by atoms with Crippen molar-refractivity contribution in [3.63, 3.8) is 0 Å². The van der Waals surface area contributed by atoms with Gasteiger partial charge in [0.25, 0.3) is 10.9 Å². The first-order valence-corrected chi connectivity index (χ1v) is 8.47. The molecule has 0 aromatic heterocycles. The quantitative estimate of drug-likeness (QED) is 0.825. The number of hydrogen-bond acceptors (Lipinski definition) is 5. The van der Waals surface area contributed by atoms with E-state index >= 15 is 0 Å². The molecule has 0 aliphatic heterocycles. The Kier molecular flexibility index (Phi) is 4.66. The Bertz CT molecular complexity index is 820. The van der Waals surface area contributed by atoms with Crippen molar-refractivity contribution in [3.8, 4) is 6.07 Å². The van der Waals surface area contributed by atoms with Gasteiger partial charge in [-0.2, -0.15) is 5.26 Å². The molecule has 1 fully saturated rings. The number of rotatable bonds is 5. The summed E-state index contributed by atoms with van der Waals surface area (Å²) in [6.07, 6.45) is 6.09. The Morgan fingerprint density at radius 2 is 1.67 bits per heavy atom. The molecule has 0 radical (unpaired) electrons. The third kappa shape index (κ3) is 3.18. The predicted molar refractivity (Wildman–Crippen MR) is 95.5 cm³/mol. The molecular weight excluding hydrogens is 302 g/mol. The van der Waals surface area contributed by atoms with Crippen LogP contribution >= 0.6 is 0 Å². The number of benzene rings is 1. The molecule has 1 aliphatic rings. The number of anilines is 3. The molecule has 1 saturated carbocycles. The first kappa shape index (κ1) is 16.3. The van der Waals surface area contributed by atoms with Gasteiger partial charge in [0.1, 0.15) is 11.4 Å². The minimum absolute atomic E-state index is 0.176. The van der Waals surface area contributed by atoms with Crippen molar-refractivity contribution in [1.82, 2.24) is 0 Å². The van der Waals surface area contributed by atoms with E-state index in [1.54, 1.807) is 24.3 Å². The lowest BCUT2D eigenvalue weighted by Gasteiger charge is -2.29. The molecule has 3 rings (SSSR count). The Morgan fingerprint density at radius 1 is 1.04 bits per heavy atom. The first-order chi connectivity index (χ1) is 11.6. The maximum Gasteiger partial charge on any atom is 0.253 e. The maximum atomic E-state index is 11.9. The lowest BCUT2D eigenvalue weighted by molar-refractivity contribution is 0.328. The highest BCUT2D eigenvalue weighted by atomic mass is 16.2. The smallest absolute Gasteiger partial charge is 0.253 e. The Morgan fingerprint density at radius 3 is 2.29 bits per heavy atom. The van der Waals surface area contributed by atoms with E-state index in [0.717, 1.165) is 0 Å². The summed E-state index contributed by atoms with van der Waals surface area (Å²) in [6.45, 7) is 2.08. The van der Waals surface area contributed by atoms with Gasteiger partial charge in [-0.15, -0.1) is 0 Å². The second-order valence-electron chi connectivity index (χ2n) is 6.55. The van der Waals surface area contributed by atoms with Gasteiger partial charge in [-0.1, -0.05) is 19.3 Å². The summed E-state index contributed by atoms with van der Waals surface area (Å²) in [6, 6.07) is 9.02. The van der Waals surface area contributed by atoms with Crippen LogP contribution in [0.2, 0.25) is 0 Å². The topological polar surface area (TPSA) is 82.0 Å². The van der Waals surface area contributed by atoms with Gasteiger partial charge < -0.3 is 10.6 Å².